The van der Waals surface area contributed by atoms with Gasteiger partial charge in [0.15, 0.2) is 0 Å². The van der Waals surface area contributed by atoms with Crippen molar-refractivity contribution in [2.45, 2.75) is 0 Å². The molecule has 0 aromatic heterocycles. The second-order valence-corrected chi connectivity index (χ2v) is 5.85. The van der Waals surface area contributed by atoms with E-state index < -0.39 is 11.9 Å². The molecule has 0 radical (unpaired) electrons. The minimum Gasteiger partial charge on any atom is -0.478 e. The van der Waals surface area contributed by atoms with Crippen molar-refractivity contribution in [3.05, 3.63) is 95.6 Å². The topological polar surface area (TPSA) is 124 Å². The maximum atomic E-state index is 11.1. The molecule has 0 heterocycles. The molecule has 0 fully saturated rings. The quantitative estimate of drug-likeness (QED) is 0.246. The molecule has 0 saturated heterocycles. The largest absolute Gasteiger partial charge is 0.478 e. The molecule has 144 valence electrons. The highest BCUT2D eigenvalue weighted by Gasteiger charge is 2.07. The van der Waals surface area contributed by atoms with Crippen LogP contribution >= 0.6 is 0 Å². The molecule has 0 amide bonds. The van der Waals surface area contributed by atoms with Crippen LogP contribution in [-0.2, 0) is 0 Å². The fraction of sp³-hybridized carbons (Fsp3) is 0. The van der Waals surface area contributed by atoms with Crippen molar-refractivity contribution in [1.82, 2.24) is 0 Å². The number of hydrogen-bond donors (Lipinski definition) is 3. The number of nitrogens with zero attached hydrogens (tertiary/aromatic N) is 3. The molecule has 0 spiro atoms. The van der Waals surface area contributed by atoms with Crippen LogP contribution < -0.4 is 5.43 Å². The molecule has 0 atom stereocenters. The number of aromatic carboxylic acids is 2. The van der Waals surface area contributed by atoms with Gasteiger partial charge in [-0.05, 0) is 48.5 Å². The number of nitrogens with one attached hydrogen (secondary N) is 1. The Hall–Kier alpha value is -4.33. The van der Waals surface area contributed by atoms with E-state index in [9.17, 15) is 9.59 Å². The zero-order valence-electron chi connectivity index (χ0n) is 15.1. The number of carboxylic acids is 2. The predicted octanol–water partition coefficient (Wildman–Crippen LogP) is 4.64. The molecule has 0 aliphatic carbocycles. The first-order valence-electron chi connectivity index (χ1n) is 8.50. The average Bonchev–Trinajstić information content (AvgIpc) is 2.75. The Bertz CT molecular complexity index is 1060. The molecule has 8 nitrogen and oxygen atoms in total. The number of hydrogen-bond acceptors (Lipinski definition) is 5. The first-order chi connectivity index (χ1) is 14.0. The summed E-state index contributed by atoms with van der Waals surface area (Å²) in [5.74, 6) is -1.83. The lowest BCUT2D eigenvalue weighted by Gasteiger charge is -2.04. The molecular weight excluding hydrogens is 372 g/mol. The van der Waals surface area contributed by atoms with Crippen LogP contribution in [0.5, 0.6) is 0 Å². The van der Waals surface area contributed by atoms with Crippen LogP contribution in [0.15, 0.2) is 94.2 Å². The number of rotatable bonds is 6. The van der Waals surface area contributed by atoms with Gasteiger partial charge in [0.25, 0.3) is 0 Å². The summed E-state index contributed by atoms with van der Waals surface area (Å²) < 4.78 is 0. The lowest BCUT2D eigenvalue weighted by Crippen LogP contribution is -2.03. The van der Waals surface area contributed by atoms with E-state index in [4.69, 9.17) is 10.2 Å². The lowest BCUT2D eigenvalue weighted by molar-refractivity contribution is 0.0686. The van der Waals surface area contributed by atoms with E-state index in [1.807, 2.05) is 30.3 Å². The van der Waals surface area contributed by atoms with Gasteiger partial charge >= 0.3 is 11.9 Å². The number of benzene rings is 3. The molecule has 3 aromatic rings. The number of anilines is 1. The number of para-hydroxylation sites is 1. The summed E-state index contributed by atoms with van der Waals surface area (Å²) in [5.41, 5.74) is 4.92. The van der Waals surface area contributed by atoms with Gasteiger partial charge in [0.2, 0.25) is 5.84 Å². The molecule has 0 aliphatic rings. The molecular formula is C21H16N4O4. The predicted molar refractivity (Wildman–Crippen MR) is 108 cm³/mol. The number of hydrazone groups is 1. The van der Waals surface area contributed by atoms with Crippen LogP contribution in [0.25, 0.3) is 0 Å². The minimum absolute atomic E-state index is 0.144. The average molecular weight is 388 g/mol. The number of carbonyl (C=O) groups is 2. The van der Waals surface area contributed by atoms with Crippen molar-refractivity contribution in [2.24, 2.45) is 15.3 Å². The number of carboxylic acid groups (broad SMARTS) is 2. The molecule has 3 aromatic carbocycles. The standard InChI is InChI=1S/C21H16N4O4/c26-20(27)15-8-6-14(7-9-15)19(24-22-17-4-2-1-3-5-17)25-23-18-12-10-16(11-13-18)21(28)29/h1-13,22H,(H,26,27)(H,28,29). The van der Waals surface area contributed by atoms with E-state index in [1.165, 1.54) is 36.4 Å². The van der Waals surface area contributed by atoms with Gasteiger partial charge in [0, 0.05) is 5.56 Å². The SMILES string of the molecule is O=C(O)c1ccc(N=NC(=NNc2ccccc2)c2ccc(C(=O)O)cc2)cc1. The highest BCUT2D eigenvalue weighted by atomic mass is 16.4. The van der Waals surface area contributed by atoms with Crippen molar-refractivity contribution in [3.63, 3.8) is 0 Å². The van der Waals surface area contributed by atoms with Crippen molar-refractivity contribution in [2.75, 3.05) is 5.43 Å². The maximum Gasteiger partial charge on any atom is 0.335 e. The molecule has 29 heavy (non-hydrogen) atoms. The van der Waals surface area contributed by atoms with E-state index in [1.54, 1.807) is 12.1 Å². The van der Waals surface area contributed by atoms with Gasteiger partial charge < -0.3 is 10.2 Å². The Kier molecular flexibility index (Phi) is 6.06. The number of azo groups is 1. The molecule has 3 rings (SSSR count). The van der Waals surface area contributed by atoms with Gasteiger partial charge in [0.05, 0.1) is 22.5 Å². The number of amidine groups is 1. The highest BCUT2D eigenvalue weighted by Crippen LogP contribution is 2.16. The zero-order chi connectivity index (χ0) is 20.6. The Morgan fingerprint density at radius 1 is 0.690 bits per heavy atom. The van der Waals surface area contributed by atoms with Crippen LogP contribution in [0.2, 0.25) is 0 Å². The summed E-state index contributed by atoms with van der Waals surface area (Å²) in [6.45, 7) is 0. The first kappa shape index (κ1) is 19.4. The Morgan fingerprint density at radius 3 is 1.76 bits per heavy atom. The summed E-state index contributed by atoms with van der Waals surface area (Å²) in [4.78, 5) is 22.0. The molecule has 0 aliphatic heterocycles. The second kappa shape index (κ2) is 9.05. The smallest absolute Gasteiger partial charge is 0.335 e. The van der Waals surface area contributed by atoms with Crippen LogP contribution in [0.4, 0.5) is 11.4 Å². The van der Waals surface area contributed by atoms with Gasteiger partial charge in [-0.3, -0.25) is 5.43 Å². The molecule has 0 saturated carbocycles. The first-order valence-corrected chi connectivity index (χ1v) is 8.50. The van der Waals surface area contributed by atoms with Crippen molar-refractivity contribution < 1.29 is 19.8 Å². The second-order valence-electron chi connectivity index (χ2n) is 5.85. The van der Waals surface area contributed by atoms with Crippen molar-refractivity contribution in [1.29, 1.82) is 0 Å². The summed E-state index contributed by atoms with van der Waals surface area (Å²) in [6, 6.07) is 21.2. The summed E-state index contributed by atoms with van der Waals surface area (Å²) in [5, 5.41) is 30.5. The molecule has 0 unspecified atom stereocenters. The molecule has 8 heteroatoms. The van der Waals surface area contributed by atoms with Gasteiger partial charge in [0.1, 0.15) is 0 Å². The highest BCUT2D eigenvalue weighted by molar-refractivity contribution is 6.00. The van der Waals surface area contributed by atoms with E-state index in [2.05, 4.69) is 20.8 Å². The van der Waals surface area contributed by atoms with Crippen molar-refractivity contribution >= 4 is 29.1 Å². The summed E-state index contributed by atoms with van der Waals surface area (Å²) in [6.07, 6.45) is 0. The Balaban J connectivity index is 1.89. The van der Waals surface area contributed by atoms with Crippen LogP contribution in [-0.4, -0.2) is 28.0 Å². The van der Waals surface area contributed by atoms with Crippen LogP contribution in [0, 0.1) is 0 Å². The van der Waals surface area contributed by atoms with E-state index in [0.29, 0.717) is 11.3 Å². The fourth-order valence-electron chi connectivity index (χ4n) is 2.31. The van der Waals surface area contributed by atoms with Crippen LogP contribution in [0.3, 0.4) is 0 Å². The van der Waals surface area contributed by atoms with Gasteiger partial charge in [-0.1, -0.05) is 30.3 Å². The van der Waals surface area contributed by atoms with E-state index in [-0.39, 0.29) is 17.0 Å². The normalized spacial score (nSPS) is 11.4. The summed E-state index contributed by atoms with van der Waals surface area (Å²) >= 11 is 0. The molecule has 0 bridgehead atoms. The molecule has 3 N–H and O–H groups in total. The monoisotopic (exact) mass is 388 g/mol. The third-order valence-electron chi connectivity index (χ3n) is 3.83. The van der Waals surface area contributed by atoms with E-state index >= 15 is 0 Å². The van der Waals surface area contributed by atoms with E-state index in [0.717, 1.165) is 5.69 Å². The Morgan fingerprint density at radius 2 is 1.21 bits per heavy atom. The van der Waals surface area contributed by atoms with Gasteiger partial charge in [-0.25, -0.2) is 9.59 Å². The zero-order valence-corrected chi connectivity index (χ0v) is 15.1. The van der Waals surface area contributed by atoms with Gasteiger partial charge in [-0.15, -0.1) is 10.2 Å². The minimum atomic E-state index is -1.03. The maximum absolute atomic E-state index is 11.1. The third kappa shape index (κ3) is 5.33. The third-order valence-corrected chi connectivity index (χ3v) is 3.83. The lowest BCUT2D eigenvalue weighted by atomic mass is 10.1. The summed E-state index contributed by atoms with van der Waals surface area (Å²) in [7, 11) is 0. The van der Waals surface area contributed by atoms with Crippen LogP contribution in [0.1, 0.15) is 26.3 Å². The Labute approximate surface area is 165 Å². The van der Waals surface area contributed by atoms with Gasteiger partial charge in [-0.2, -0.15) is 5.10 Å². The van der Waals surface area contributed by atoms with Crippen molar-refractivity contribution in [3.8, 4) is 0 Å². The fourth-order valence-corrected chi connectivity index (χ4v) is 2.31.